The maximum Gasteiger partial charge on any atom is 0.328 e. The first kappa shape index (κ1) is 18.7. The van der Waals surface area contributed by atoms with Crippen molar-refractivity contribution >= 4 is 29.6 Å². The lowest BCUT2D eigenvalue weighted by Crippen LogP contribution is -2.27. The summed E-state index contributed by atoms with van der Waals surface area (Å²) in [5, 5.41) is 0. The Morgan fingerprint density at radius 3 is 2.97 bits per heavy atom. The highest BCUT2D eigenvalue weighted by atomic mass is 19.1. The molecule has 1 atom stereocenters. The Morgan fingerprint density at radius 1 is 1.31 bits per heavy atom. The number of imidazole rings is 1. The molecule has 4 rings (SSSR count). The van der Waals surface area contributed by atoms with Crippen LogP contribution in [0.15, 0.2) is 63.3 Å². The standard InChI is InChI=1S/C21H21FN6O/c1-14(15-5-4-6-16(22)11-15)28-20(23)18(26-21(28)29)12-24-13-27-10-9-25-17-7-2-3-8-19(17)27/h2-9,11-12,14H,10,13,23H2,1H3,(H,26,29)/b24-12-. The number of benzene rings is 2. The van der Waals surface area contributed by atoms with Crippen molar-refractivity contribution in [3.63, 3.8) is 0 Å². The van der Waals surface area contributed by atoms with E-state index in [1.54, 1.807) is 25.3 Å². The molecule has 148 valence electrons. The van der Waals surface area contributed by atoms with Crippen molar-refractivity contribution in [2.45, 2.75) is 13.0 Å². The number of aromatic amines is 1. The van der Waals surface area contributed by atoms with Crippen LogP contribution in [0.5, 0.6) is 0 Å². The van der Waals surface area contributed by atoms with Crippen molar-refractivity contribution in [3.8, 4) is 0 Å². The van der Waals surface area contributed by atoms with Crippen LogP contribution in [0.4, 0.5) is 21.6 Å². The predicted molar refractivity (Wildman–Crippen MR) is 114 cm³/mol. The number of nitrogens with zero attached hydrogens (tertiary/aromatic N) is 4. The average molecular weight is 392 g/mol. The second-order valence-electron chi connectivity index (χ2n) is 6.81. The van der Waals surface area contributed by atoms with E-state index in [4.69, 9.17) is 5.73 Å². The number of H-pyrrole nitrogens is 1. The highest BCUT2D eigenvalue weighted by molar-refractivity contribution is 5.84. The van der Waals surface area contributed by atoms with Crippen molar-refractivity contribution < 1.29 is 4.39 Å². The summed E-state index contributed by atoms with van der Waals surface area (Å²) in [7, 11) is 0. The summed E-state index contributed by atoms with van der Waals surface area (Å²) in [5.74, 6) is -0.0974. The third-order valence-corrected chi connectivity index (χ3v) is 4.94. The first-order valence-electron chi connectivity index (χ1n) is 9.26. The van der Waals surface area contributed by atoms with Gasteiger partial charge in [0.2, 0.25) is 0 Å². The minimum Gasteiger partial charge on any atom is -0.383 e. The molecule has 8 heteroatoms. The Morgan fingerprint density at radius 2 is 2.14 bits per heavy atom. The quantitative estimate of drug-likeness (QED) is 0.654. The lowest BCUT2D eigenvalue weighted by Gasteiger charge is -2.25. The molecule has 0 fully saturated rings. The molecule has 1 aliphatic rings. The normalized spacial score (nSPS) is 14.3. The number of halogens is 1. The molecule has 1 aliphatic heterocycles. The predicted octanol–water partition coefficient (Wildman–Crippen LogP) is 3.11. The molecule has 1 aromatic heterocycles. The summed E-state index contributed by atoms with van der Waals surface area (Å²) in [6.45, 7) is 2.85. The van der Waals surface area contributed by atoms with Crippen molar-refractivity contribution in [1.29, 1.82) is 0 Å². The smallest absolute Gasteiger partial charge is 0.328 e. The molecular formula is C21H21FN6O. The molecule has 2 aromatic carbocycles. The van der Waals surface area contributed by atoms with E-state index in [2.05, 4.69) is 19.9 Å². The van der Waals surface area contributed by atoms with Crippen LogP contribution < -0.4 is 16.3 Å². The van der Waals surface area contributed by atoms with E-state index in [-0.39, 0.29) is 17.3 Å². The highest BCUT2D eigenvalue weighted by Gasteiger charge is 2.18. The zero-order chi connectivity index (χ0) is 20.4. The number of nitrogens with two attached hydrogens (primary N) is 1. The van der Waals surface area contributed by atoms with Crippen LogP contribution in [0.2, 0.25) is 0 Å². The molecule has 1 unspecified atom stereocenters. The summed E-state index contributed by atoms with van der Waals surface area (Å²) in [5.41, 5.74) is 8.81. The van der Waals surface area contributed by atoms with Crippen molar-refractivity contribution in [3.05, 3.63) is 76.1 Å². The van der Waals surface area contributed by atoms with Crippen molar-refractivity contribution in [2.24, 2.45) is 9.98 Å². The van der Waals surface area contributed by atoms with Crippen LogP contribution in [-0.2, 0) is 0 Å². The number of rotatable bonds is 5. The van der Waals surface area contributed by atoms with E-state index in [1.807, 2.05) is 30.5 Å². The van der Waals surface area contributed by atoms with E-state index in [9.17, 15) is 9.18 Å². The summed E-state index contributed by atoms with van der Waals surface area (Å²) < 4.78 is 14.9. The molecule has 0 radical (unpaired) electrons. The Labute approximate surface area is 167 Å². The van der Waals surface area contributed by atoms with Crippen LogP contribution in [0, 0.1) is 5.82 Å². The number of hydrogen-bond donors (Lipinski definition) is 2. The number of hydrogen-bond acceptors (Lipinski definition) is 5. The lowest BCUT2D eigenvalue weighted by atomic mass is 10.1. The first-order valence-corrected chi connectivity index (χ1v) is 9.26. The van der Waals surface area contributed by atoms with Gasteiger partial charge in [-0.05, 0) is 36.8 Å². The molecule has 0 amide bonds. The minimum atomic E-state index is -0.415. The highest BCUT2D eigenvalue weighted by Crippen LogP contribution is 2.30. The van der Waals surface area contributed by atoms with Crippen LogP contribution >= 0.6 is 0 Å². The van der Waals surface area contributed by atoms with Gasteiger partial charge in [0.25, 0.3) is 0 Å². The van der Waals surface area contributed by atoms with Gasteiger partial charge in [0.15, 0.2) is 0 Å². The molecule has 3 aromatic rings. The van der Waals surface area contributed by atoms with Gasteiger partial charge < -0.3 is 15.6 Å². The minimum absolute atomic E-state index is 0.260. The molecule has 2 heterocycles. The monoisotopic (exact) mass is 392 g/mol. The third kappa shape index (κ3) is 3.69. The van der Waals surface area contributed by atoms with Crippen LogP contribution in [-0.4, -0.2) is 35.2 Å². The van der Waals surface area contributed by atoms with Gasteiger partial charge in [-0.3, -0.25) is 14.6 Å². The van der Waals surface area contributed by atoms with Gasteiger partial charge in [0.1, 0.15) is 24.0 Å². The summed E-state index contributed by atoms with van der Waals surface area (Å²) in [4.78, 5) is 26.1. The van der Waals surface area contributed by atoms with Crippen LogP contribution in [0.1, 0.15) is 24.2 Å². The molecule has 0 bridgehead atoms. The Balaban J connectivity index is 1.54. The van der Waals surface area contributed by atoms with Crippen LogP contribution in [0.25, 0.3) is 0 Å². The Hall–Kier alpha value is -3.68. The Bertz CT molecular complexity index is 1150. The van der Waals surface area contributed by atoms with Gasteiger partial charge in [-0.15, -0.1) is 0 Å². The zero-order valence-corrected chi connectivity index (χ0v) is 15.9. The fourth-order valence-electron chi connectivity index (χ4n) is 3.42. The van der Waals surface area contributed by atoms with Crippen LogP contribution in [0.3, 0.4) is 0 Å². The maximum atomic E-state index is 13.5. The molecule has 3 N–H and O–H groups in total. The van der Waals surface area contributed by atoms with Gasteiger partial charge in [0, 0.05) is 6.21 Å². The maximum absolute atomic E-state index is 13.5. The molecule has 29 heavy (non-hydrogen) atoms. The van der Waals surface area contributed by atoms with Gasteiger partial charge in [0.05, 0.1) is 30.2 Å². The fourth-order valence-corrected chi connectivity index (χ4v) is 3.42. The summed E-state index contributed by atoms with van der Waals surface area (Å²) in [6, 6.07) is 13.6. The number of nitrogen functional groups attached to an aromatic ring is 1. The SMILES string of the molecule is CC(c1cccc(F)c1)n1c(N)c(/C=N\CN2CC=Nc3ccccc32)[nH]c1=O. The number of aromatic nitrogens is 2. The molecule has 0 saturated carbocycles. The molecule has 0 aliphatic carbocycles. The number of fused-ring (bicyclic) bond motifs is 1. The van der Waals surface area contributed by atoms with E-state index >= 15 is 0 Å². The van der Waals surface area contributed by atoms with Gasteiger partial charge in [-0.25, -0.2) is 9.18 Å². The number of anilines is 2. The summed E-state index contributed by atoms with van der Waals surface area (Å²) in [6.07, 6.45) is 3.39. The molecular weight excluding hydrogens is 371 g/mol. The van der Waals surface area contributed by atoms with Gasteiger partial charge in [-0.1, -0.05) is 24.3 Å². The second kappa shape index (κ2) is 7.75. The first-order chi connectivity index (χ1) is 14.0. The van der Waals surface area contributed by atoms with Crippen molar-refractivity contribution in [2.75, 3.05) is 23.8 Å². The summed E-state index contributed by atoms with van der Waals surface area (Å²) >= 11 is 0. The third-order valence-electron chi connectivity index (χ3n) is 4.94. The fraction of sp³-hybridized carbons (Fsp3) is 0.190. The van der Waals surface area contributed by atoms with E-state index < -0.39 is 6.04 Å². The topological polar surface area (TPSA) is 91.8 Å². The Kier molecular flexibility index (Phi) is 4.99. The van der Waals surface area contributed by atoms with E-state index in [0.717, 1.165) is 11.4 Å². The van der Waals surface area contributed by atoms with E-state index in [0.29, 0.717) is 24.5 Å². The number of nitrogens with one attached hydrogen (secondary N) is 1. The number of para-hydroxylation sites is 2. The largest absolute Gasteiger partial charge is 0.383 e. The van der Waals surface area contributed by atoms with Gasteiger partial charge in [-0.2, -0.15) is 0 Å². The van der Waals surface area contributed by atoms with E-state index in [1.165, 1.54) is 16.7 Å². The van der Waals surface area contributed by atoms with Crippen molar-refractivity contribution in [1.82, 2.24) is 9.55 Å². The van der Waals surface area contributed by atoms with Gasteiger partial charge >= 0.3 is 5.69 Å². The molecule has 7 nitrogen and oxygen atoms in total. The average Bonchev–Trinajstić information content (AvgIpc) is 3.01. The lowest BCUT2D eigenvalue weighted by molar-refractivity contribution is 0.598. The molecule has 0 spiro atoms. The zero-order valence-electron chi connectivity index (χ0n) is 15.9. The number of aliphatic imine (C=N–C) groups is 2. The second-order valence-corrected chi connectivity index (χ2v) is 6.81. The molecule has 0 saturated heterocycles.